The molecule has 1 heterocycles. The molecule has 1 aromatic heterocycles. The van der Waals surface area contributed by atoms with E-state index in [1.54, 1.807) is 0 Å². The van der Waals surface area contributed by atoms with E-state index < -0.39 is 0 Å². The summed E-state index contributed by atoms with van der Waals surface area (Å²) in [5.74, 6) is 0. The summed E-state index contributed by atoms with van der Waals surface area (Å²) >= 11 is 0. The van der Waals surface area contributed by atoms with Crippen LogP contribution in [0, 0.1) is 0 Å². The maximum Gasteiger partial charge on any atom is 0.249 e. The van der Waals surface area contributed by atoms with Crippen molar-refractivity contribution in [2.75, 3.05) is 0 Å². The second-order valence-electron chi connectivity index (χ2n) is 6.25. The molecule has 0 radical (unpaired) electrons. The molecule has 126 valence electrons. The molecule has 0 aliphatic heterocycles. The van der Waals surface area contributed by atoms with Crippen LogP contribution in [0.5, 0.6) is 0 Å². The number of benzene rings is 3. The fourth-order valence-electron chi connectivity index (χ4n) is 3.34. The minimum absolute atomic E-state index is 0.811. The van der Waals surface area contributed by atoms with Crippen LogP contribution in [0.1, 0.15) is 5.56 Å². The lowest BCUT2D eigenvalue weighted by molar-refractivity contribution is -0.676. The van der Waals surface area contributed by atoms with Gasteiger partial charge in [0.15, 0.2) is 11.4 Å². The molecular formula is C24H21N2+. The maximum atomic E-state index is 4.02. The van der Waals surface area contributed by atoms with E-state index in [0.29, 0.717) is 0 Å². The zero-order valence-electron chi connectivity index (χ0n) is 14.6. The van der Waals surface area contributed by atoms with Gasteiger partial charge in [-0.05, 0) is 5.56 Å². The Bertz CT molecular complexity index is 1000. The summed E-state index contributed by atoms with van der Waals surface area (Å²) in [4.78, 5) is 0. The van der Waals surface area contributed by atoms with E-state index in [2.05, 4.69) is 107 Å². The predicted molar refractivity (Wildman–Crippen MR) is 107 cm³/mol. The standard InChI is InChI=1S/C24H21N2/c1-2-25-19-26(18-20-12-6-3-7-13-20)24(22-16-10-5-11-17-22)23(25)21-14-8-4-9-15-21/h2-17,19H,1,18H2/q+1. The highest BCUT2D eigenvalue weighted by Gasteiger charge is 2.25. The molecule has 0 fully saturated rings. The number of hydrogen-bond donors (Lipinski definition) is 0. The van der Waals surface area contributed by atoms with Crippen molar-refractivity contribution in [1.29, 1.82) is 0 Å². The number of aromatic nitrogens is 2. The molecule has 3 aromatic carbocycles. The van der Waals surface area contributed by atoms with Crippen LogP contribution in [0.3, 0.4) is 0 Å². The Labute approximate surface area is 154 Å². The predicted octanol–water partition coefficient (Wildman–Crippen LogP) is 5.26. The van der Waals surface area contributed by atoms with Gasteiger partial charge in [-0.15, -0.1) is 0 Å². The van der Waals surface area contributed by atoms with Crippen molar-refractivity contribution in [3.63, 3.8) is 0 Å². The molecule has 0 spiro atoms. The Morgan fingerprint density at radius 3 is 1.85 bits per heavy atom. The summed E-state index contributed by atoms with van der Waals surface area (Å²) in [7, 11) is 0. The summed E-state index contributed by atoms with van der Waals surface area (Å²) in [6.07, 6.45) is 4.00. The Hall–Kier alpha value is -3.39. The second-order valence-corrected chi connectivity index (χ2v) is 6.25. The Morgan fingerprint density at radius 1 is 0.731 bits per heavy atom. The lowest BCUT2D eigenvalue weighted by atomic mass is 10.0. The van der Waals surface area contributed by atoms with Crippen LogP contribution in [0.2, 0.25) is 0 Å². The molecule has 4 rings (SSSR count). The second kappa shape index (κ2) is 7.24. The molecule has 0 aliphatic rings. The van der Waals surface area contributed by atoms with Crippen molar-refractivity contribution < 1.29 is 4.57 Å². The highest BCUT2D eigenvalue weighted by molar-refractivity contribution is 5.77. The molecule has 2 nitrogen and oxygen atoms in total. The molecule has 2 heteroatoms. The smallest absolute Gasteiger partial charge is 0.225 e. The summed E-state index contributed by atoms with van der Waals surface area (Å²) in [5.41, 5.74) is 6.00. The zero-order valence-corrected chi connectivity index (χ0v) is 14.6. The molecule has 26 heavy (non-hydrogen) atoms. The molecule has 0 saturated heterocycles. The normalized spacial score (nSPS) is 10.6. The van der Waals surface area contributed by atoms with Gasteiger partial charge < -0.3 is 0 Å². The van der Waals surface area contributed by atoms with Crippen molar-refractivity contribution >= 4 is 6.20 Å². The lowest BCUT2D eigenvalue weighted by Gasteiger charge is -2.05. The molecule has 0 saturated carbocycles. The molecule has 0 aliphatic carbocycles. The van der Waals surface area contributed by atoms with Crippen LogP contribution in [0.4, 0.5) is 0 Å². The average Bonchev–Trinajstić information content (AvgIpc) is 3.08. The first kappa shape index (κ1) is 16.1. The van der Waals surface area contributed by atoms with Crippen molar-refractivity contribution in [1.82, 2.24) is 4.57 Å². The van der Waals surface area contributed by atoms with Crippen LogP contribution in [0.25, 0.3) is 28.7 Å². The number of imidazole rings is 1. The maximum absolute atomic E-state index is 4.02. The van der Waals surface area contributed by atoms with Gasteiger partial charge in [0.25, 0.3) is 0 Å². The van der Waals surface area contributed by atoms with Gasteiger partial charge in [0, 0.05) is 11.1 Å². The van der Waals surface area contributed by atoms with Gasteiger partial charge in [-0.25, -0.2) is 9.13 Å². The van der Waals surface area contributed by atoms with Gasteiger partial charge in [-0.2, -0.15) is 0 Å². The van der Waals surface area contributed by atoms with E-state index in [9.17, 15) is 0 Å². The summed E-state index contributed by atoms with van der Waals surface area (Å²) in [6, 6.07) is 31.6. The largest absolute Gasteiger partial charge is 0.249 e. The number of nitrogens with zero attached hydrogens (tertiary/aromatic N) is 2. The minimum Gasteiger partial charge on any atom is -0.225 e. The van der Waals surface area contributed by atoms with E-state index >= 15 is 0 Å². The first-order chi connectivity index (χ1) is 12.9. The Balaban J connectivity index is 1.94. The first-order valence-electron chi connectivity index (χ1n) is 8.78. The van der Waals surface area contributed by atoms with Gasteiger partial charge in [0.05, 0.1) is 6.20 Å². The fourth-order valence-corrected chi connectivity index (χ4v) is 3.34. The number of rotatable bonds is 5. The van der Waals surface area contributed by atoms with Gasteiger partial charge in [0.1, 0.15) is 6.54 Å². The topological polar surface area (TPSA) is 8.81 Å². The van der Waals surface area contributed by atoms with Gasteiger partial charge in [-0.3, -0.25) is 0 Å². The van der Waals surface area contributed by atoms with Crippen molar-refractivity contribution in [2.45, 2.75) is 6.54 Å². The van der Waals surface area contributed by atoms with E-state index in [0.717, 1.165) is 12.2 Å². The van der Waals surface area contributed by atoms with E-state index in [4.69, 9.17) is 0 Å². The SMILES string of the molecule is C=Cn1c[n+](Cc2ccccc2)c(-c2ccccc2)c1-c1ccccc1. The molecule has 0 N–H and O–H groups in total. The molecule has 0 amide bonds. The monoisotopic (exact) mass is 337 g/mol. The highest BCUT2D eigenvalue weighted by atomic mass is 15.1. The van der Waals surface area contributed by atoms with Crippen molar-refractivity contribution in [3.8, 4) is 22.5 Å². The molecular weight excluding hydrogens is 316 g/mol. The molecule has 0 unspecified atom stereocenters. The van der Waals surface area contributed by atoms with Crippen LogP contribution in [-0.2, 0) is 6.54 Å². The first-order valence-corrected chi connectivity index (χ1v) is 8.78. The van der Waals surface area contributed by atoms with Crippen molar-refractivity contribution in [3.05, 3.63) is 109 Å². The van der Waals surface area contributed by atoms with Crippen LogP contribution < -0.4 is 4.57 Å². The number of hydrogen-bond acceptors (Lipinski definition) is 0. The summed E-state index contributed by atoms with van der Waals surface area (Å²) in [6.45, 7) is 4.83. The van der Waals surface area contributed by atoms with Crippen LogP contribution >= 0.6 is 0 Å². The van der Waals surface area contributed by atoms with E-state index in [1.807, 2.05) is 12.3 Å². The quantitative estimate of drug-likeness (QED) is 0.439. The average molecular weight is 337 g/mol. The Morgan fingerprint density at radius 2 is 1.27 bits per heavy atom. The van der Waals surface area contributed by atoms with Gasteiger partial charge in [-0.1, -0.05) is 97.6 Å². The van der Waals surface area contributed by atoms with Gasteiger partial charge in [0.2, 0.25) is 6.33 Å². The van der Waals surface area contributed by atoms with E-state index in [-0.39, 0.29) is 0 Å². The molecule has 0 atom stereocenters. The third kappa shape index (κ3) is 3.09. The fraction of sp³-hybridized carbons (Fsp3) is 0.0417. The lowest BCUT2D eigenvalue weighted by Crippen LogP contribution is -2.34. The minimum atomic E-state index is 0.811. The molecule has 0 bridgehead atoms. The van der Waals surface area contributed by atoms with Crippen LogP contribution in [-0.4, -0.2) is 4.57 Å². The third-order valence-corrected chi connectivity index (χ3v) is 4.52. The van der Waals surface area contributed by atoms with Gasteiger partial charge >= 0.3 is 0 Å². The summed E-state index contributed by atoms with van der Waals surface area (Å²) < 4.78 is 4.41. The summed E-state index contributed by atoms with van der Waals surface area (Å²) in [5, 5.41) is 0. The zero-order chi connectivity index (χ0) is 17.8. The third-order valence-electron chi connectivity index (χ3n) is 4.52. The van der Waals surface area contributed by atoms with E-state index in [1.165, 1.54) is 22.4 Å². The molecule has 4 aromatic rings. The highest BCUT2D eigenvalue weighted by Crippen LogP contribution is 2.30. The van der Waals surface area contributed by atoms with Crippen molar-refractivity contribution in [2.24, 2.45) is 0 Å². The Kier molecular flexibility index (Phi) is 4.48. The van der Waals surface area contributed by atoms with Crippen LogP contribution in [0.15, 0.2) is 104 Å².